The molecular formula is C21H17ClN4O2. The van der Waals surface area contributed by atoms with Gasteiger partial charge < -0.3 is 15.2 Å². The minimum absolute atomic E-state index is 0.0553. The Morgan fingerprint density at radius 3 is 2.57 bits per heavy atom. The second-order valence-corrected chi connectivity index (χ2v) is 6.69. The predicted molar refractivity (Wildman–Crippen MR) is 106 cm³/mol. The Morgan fingerprint density at radius 2 is 1.93 bits per heavy atom. The number of rotatable bonds is 4. The largest absolute Gasteiger partial charge is 0.494 e. The van der Waals surface area contributed by atoms with Crippen LogP contribution in [0.2, 0.25) is 5.02 Å². The van der Waals surface area contributed by atoms with E-state index in [0.29, 0.717) is 23.1 Å². The van der Waals surface area contributed by atoms with Gasteiger partial charge in [-0.3, -0.25) is 5.10 Å². The van der Waals surface area contributed by atoms with Crippen LogP contribution in [0.4, 0.5) is 0 Å². The molecule has 7 heteroatoms. The molecule has 0 saturated heterocycles. The van der Waals surface area contributed by atoms with Gasteiger partial charge in [0, 0.05) is 10.6 Å². The number of nitriles is 1. The molecule has 0 saturated carbocycles. The van der Waals surface area contributed by atoms with E-state index in [1.807, 2.05) is 43.3 Å². The van der Waals surface area contributed by atoms with E-state index < -0.39 is 5.92 Å². The maximum Gasteiger partial charge on any atom is 0.244 e. The molecule has 3 aromatic rings. The third-order valence-electron chi connectivity index (χ3n) is 4.60. The third-order valence-corrected chi connectivity index (χ3v) is 4.85. The van der Waals surface area contributed by atoms with Crippen molar-refractivity contribution >= 4 is 11.6 Å². The minimum Gasteiger partial charge on any atom is -0.494 e. The molecule has 2 aromatic carbocycles. The normalized spacial score (nSPS) is 15.5. The van der Waals surface area contributed by atoms with E-state index in [-0.39, 0.29) is 5.88 Å². The highest BCUT2D eigenvalue weighted by Crippen LogP contribution is 2.45. The molecule has 0 radical (unpaired) electrons. The molecule has 0 fully saturated rings. The summed E-state index contributed by atoms with van der Waals surface area (Å²) in [6.07, 6.45) is 0. The zero-order valence-corrected chi connectivity index (χ0v) is 15.8. The number of hydrogen-bond donors (Lipinski definition) is 2. The number of nitrogens with zero attached hydrogens (tertiary/aromatic N) is 2. The fraction of sp³-hybridized carbons (Fsp3) is 0.143. The van der Waals surface area contributed by atoms with Gasteiger partial charge in [-0.05, 0) is 48.9 Å². The summed E-state index contributed by atoms with van der Waals surface area (Å²) in [4.78, 5) is 0. The van der Waals surface area contributed by atoms with Crippen molar-refractivity contribution < 1.29 is 9.47 Å². The molecule has 1 aliphatic heterocycles. The van der Waals surface area contributed by atoms with Crippen LogP contribution in [0.5, 0.6) is 11.6 Å². The summed E-state index contributed by atoms with van der Waals surface area (Å²) < 4.78 is 11.1. The molecule has 6 nitrogen and oxygen atoms in total. The van der Waals surface area contributed by atoms with Crippen LogP contribution in [0.1, 0.15) is 24.0 Å². The lowest BCUT2D eigenvalue weighted by atomic mass is 9.83. The van der Waals surface area contributed by atoms with Crippen molar-refractivity contribution in [1.29, 1.82) is 5.26 Å². The van der Waals surface area contributed by atoms with Crippen molar-refractivity contribution in [2.45, 2.75) is 12.8 Å². The zero-order chi connectivity index (χ0) is 19.7. The molecular weight excluding hydrogens is 376 g/mol. The van der Waals surface area contributed by atoms with Crippen molar-refractivity contribution in [3.63, 3.8) is 0 Å². The summed E-state index contributed by atoms with van der Waals surface area (Å²) in [5.74, 6) is 0.790. The third kappa shape index (κ3) is 3.06. The van der Waals surface area contributed by atoms with Gasteiger partial charge in [-0.15, -0.1) is 5.10 Å². The molecule has 2 heterocycles. The number of ether oxygens (including phenoxy) is 2. The molecule has 0 spiro atoms. The van der Waals surface area contributed by atoms with Crippen LogP contribution in [0, 0.1) is 11.3 Å². The molecule has 1 atom stereocenters. The van der Waals surface area contributed by atoms with Crippen LogP contribution in [0.3, 0.4) is 0 Å². The Balaban J connectivity index is 1.85. The molecule has 0 bridgehead atoms. The topological polar surface area (TPSA) is 97.0 Å². The summed E-state index contributed by atoms with van der Waals surface area (Å²) in [5, 5.41) is 17.6. The Bertz CT molecular complexity index is 1080. The van der Waals surface area contributed by atoms with Gasteiger partial charge >= 0.3 is 0 Å². The van der Waals surface area contributed by atoms with Crippen molar-refractivity contribution in [1.82, 2.24) is 10.2 Å². The summed E-state index contributed by atoms with van der Waals surface area (Å²) in [6, 6.07) is 17.2. The maximum atomic E-state index is 9.73. The molecule has 0 amide bonds. The van der Waals surface area contributed by atoms with Gasteiger partial charge in [0.15, 0.2) is 0 Å². The van der Waals surface area contributed by atoms with Crippen LogP contribution < -0.4 is 15.2 Å². The number of fused-ring (bicyclic) bond motifs is 1. The number of nitrogens with two attached hydrogens (primary N) is 1. The highest BCUT2D eigenvalue weighted by Gasteiger charge is 2.35. The fourth-order valence-corrected chi connectivity index (χ4v) is 3.46. The summed E-state index contributed by atoms with van der Waals surface area (Å²) in [7, 11) is 0. The molecule has 28 heavy (non-hydrogen) atoms. The van der Waals surface area contributed by atoms with Gasteiger partial charge in [-0.1, -0.05) is 23.7 Å². The lowest BCUT2D eigenvalue weighted by Gasteiger charge is -2.24. The first-order valence-electron chi connectivity index (χ1n) is 8.77. The first-order valence-corrected chi connectivity index (χ1v) is 9.14. The molecule has 1 aromatic heterocycles. The Morgan fingerprint density at radius 1 is 1.21 bits per heavy atom. The molecule has 1 unspecified atom stereocenters. The standard InChI is InChI=1S/C21H17ClN4O2/c1-2-27-15-9-5-13(6-10-15)19-18-17(12-3-7-14(22)8-4-12)16(11-23)20(24)28-21(18)26-25-19/h3-10,17H,2,24H2,1H3,(H,25,26). The lowest BCUT2D eigenvalue weighted by molar-refractivity contribution is 0.340. The van der Waals surface area contributed by atoms with Gasteiger partial charge in [0.1, 0.15) is 17.4 Å². The fourth-order valence-electron chi connectivity index (χ4n) is 3.34. The molecule has 1 aliphatic rings. The molecule has 0 aliphatic carbocycles. The Hall–Kier alpha value is -3.43. The predicted octanol–water partition coefficient (Wildman–Crippen LogP) is 4.35. The number of H-pyrrole nitrogens is 1. The van der Waals surface area contributed by atoms with Crippen LogP contribution in [-0.4, -0.2) is 16.8 Å². The average molecular weight is 393 g/mol. The minimum atomic E-state index is -0.411. The van der Waals surface area contributed by atoms with E-state index in [2.05, 4.69) is 16.3 Å². The van der Waals surface area contributed by atoms with Crippen LogP contribution >= 0.6 is 11.6 Å². The summed E-state index contributed by atoms with van der Waals surface area (Å²) in [6.45, 7) is 2.54. The van der Waals surface area contributed by atoms with Crippen LogP contribution in [-0.2, 0) is 0 Å². The van der Waals surface area contributed by atoms with E-state index >= 15 is 0 Å². The number of hydrogen-bond acceptors (Lipinski definition) is 5. The van der Waals surface area contributed by atoms with Gasteiger partial charge in [0.25, 0.3) is 0 Å². The van der Waals surface area contributed by atoms with E-state index in [1.54, 1.807) is 12.1 Å². The second-order valence-electron chi connectivity index (χ2n) is 6.25. The average Bonchev–Trinajstić information content (AvgIpc) is 3.12. The first kappa shape index (κ1) is 18.0. The molecule has 4 rings (SSSR count). The first-order chi connectivity index (χ1) is 13.6. The van der Waals surface area contributed by atoms with Crippen LogP contribution in [0.25, 0.3) is 11.3 Å². The smallest absolute Gasteiger partial charge is 0.244 e. The van der Waals surface area contributed by atoms with Gasteiger partial charge in [-0.25, -0.2) is 0 Å². The maximum absolute atomic E-state index is 9.73. The summed E-state index contributed by atoms with van der Waals surface area (Å²) in [5.41, 5.74) is 9.64. The van der Waals surface area contributed by atoms with E-state index in [4.69, 9.17) is 26.8 Å². The van der Waals surface area contributed by atoms with E-state index in [0.717, 1.165) is 28.1 Å². The lowest BCUT2D eigenvalue weighted by Crippen LogP contribution is -2.20. The van der Waals surface area contributed by atoms with Crippen molar-refractivity contribution in [2.24, 2.45) is 5.73 Å². The monoisotopic (exact) mass is 392 g/mol. The summed E-state index contributed by atoms with van der Waals surface area (Å²) >= 11 is 6.04. The van der Waals surface area contributed by atoms with Crippen LogP contribution in [0.15, 0.2) is 60.0 Å². The molecule has 140 valence electrons. The Kier molecular flexibility index (Phi) is 4.68. The van der Waals surface area contributed by atoms with Crippen molar-refractivity contribution in [3.05, 3.63) is 76.1 Å². The zero-order valence-electron chi connectivity index (χ0n) is 15.1. The number of aromatic nitrogens is 2. The SMILES string of the molecule is CCOc1ccc(-c2[nH]nc3c2C(c2ccc(Cl)cc2)C(C#N)=C(N)O3)cc1. The number of halogens is 1. The number of allylic oxidation sites excluding steroid dienone is 1. The Labute approximate surface area is 167 Å². The molecule has 3 N–H and O–H groups in total. The van der Waals surface area contributed by atoms with Crippen molar-refractivity contribution in [2.75, 3.05) is 6.61 Å². The van der Waals surface area contributed by atoms with E-state index in [9.17, 15) is 5.26 Å². The van der Waals surface area contributed by atoms with Gasteiger partial charge in [0.05, 0.1) is 23.8 Å². The number of nitrogens with one attached hydrogen (secondary N) is 1. The van der Waals surface area contributed by atoms with Gasteiger partial charge in [-0.2, -0.15) is 5.26 Å². The van der Waals surface area contributed by atoms with Crippen molar-refractivity contribution in [3.8, 4) is 29.0 Å². The highest BCUT2D eigenvalue weighted by molar-refractivity contribution is 6.30. The quantitative estimate of drug-likeness (QED) is 0.688. The number of benzene rings is 2. The number of aromatic amines is 1. The van der Waals surface area contributed by atoms with E-state index in [1.165, 1.54) is 0 Å². The van der Waals surface area contributed by atoms with Gasteiger partial charge in [0.2, 0.25) is 11.8 Å². The highest BCUT2D eigenvalue weighted by atomic mass is 35.5. The second kappa shape index (κ2) is 7.29.